The SMILES string of the molecule is COCCNC(=O)CSc1ccccc1C(=O)N1CCCC2CCCCC21. The summed E-state index contributed by atoms with van der Waals surface area (Å²) in [6, 6.07) is 8.10. The lowest BCUT2D eigenvalue weighted by atomic mass is 9.78. The van der Waals surface area contributed by atoms with Gasteiger partial charge in [-0.3, -0.25) is 9.59 Å². The number of methoxy groups -OCH3 is 1. The molecule has 0 spiro atoms. The Morgan fingerprint density at radius 1 is 1.19 bits per heavy atom. The van der Waals surface area contributed by atoms with Crippen LogP contribution in [-0.2, 0) is 9.53 Å². The summed E-state index contributed by atoms with van der Waals surface area (Å²) in [7, 11) is 1.61. The second-order valence-electron chi connectivity index (χ2n) is 7.38. The second kappa shape index (κ2) is 10.1. The van der Waals surface area contributed by atoms with Crippen LogP contribution < -0.4 is 5.32 Å². The van der Waals surface area contributed by atoms with Crippen molar-refractivity contribution in [2.24, 2.45) is 5.92 Å². The fourth-order valence-electron chi connectivity index (χ4n) is 4.29. The summed E-state index contributed by atoms with van der Waals surface area (Å²) >= 11 is 1.43. The number of nitrogens with zero attached hydrogens (tertiary/aromatic N) is 1. The number of fused-ring (bicyclic) bond motifs is 1. The normalized spacial score (nSPS) is 22.2. The third kappa shape index (κ3) is 5.26. The van der Waals surface area contributed by atoms with E-state index in [4.69, 9.17) is 4.74 Å². The molecule has 2 aliphatic rings. The van der Waals surface area contributed by atoms with Gasteiger partial charge in [-0.2, -0.15) is 0 Å². The fourth-order valence-corrected chi connectivity index (χ4v) is 5.16. The Morgan fingerprint density at radius 2 is 1.96 bits per heavy atom. The van der Waals surface area contributed by atoms with E-state index in [1.165, 1.54) is 37.4 Å². The van der Waals surface area contributed by atoms with Gasteiger partial charge < -0.3 is 15.0 Å². The molecule has 1 aromatic rings. The molecule has 2 fully saturated rings. The summed E-state index contributed by atoms with van der Waals surface area (Å²) in [6.45, 7) is 1.87. The van der Waals surface area contributed by atoms with Gasteiger partial charge in [0.25, 0.3) is 5.91 Å². The summed E-state index contributed by atoms with van der Waals surface area (Å²) in [5.74, 6) is 1.07. The van der Waals surface area contributed by atoms with Crippen molar-refractivity contribution in [2.45, 2.75) is 49.5 Å². The molecule has 1 aliphatic carbocycles. The van der Waals surface area contributed by atoms with Gasteiger partial charge in [-0.1, -0.05) is 25.0 Å². The molecule has 1 aromatic carbocycles. The highest BCUT2D eigenvalue weighted by Gasteiger charge is 2.36. The molecule has 0 aromatic heterocycles. The lowest BCUT2D eigenvalue weighted by Crippen LogP contribution is -2.49. The number of carbonyl (C=O) groups excluding carboxylic acids is 2. The molecule has 5 nitrogen and oxygen atoms in total. The molecule has 1 aliphatic heterocycles. The Kier molecular flexibility index (Phi) is 7.59. The Hall–Kier alpha value is -1.53. The highest BCUT2D eigenvalue weighted by Crippen LogP contribution is 2.36. The average molecular weight is 391 g/mol. The second-order valence-corrected chi connectivity index (χ2v) is 8.40. The number of nitrogens with one attached hydrogen (secondary N) is 1. The predicted molar refractivity (Wildman–Crippen MR) is 108 cm³/mol. The molecule has 3 rings (SSSR count). The smallest absolute Gasteiger partial charge is 0.255 e. The summed E-state index contributed by atoms with van der Waals surface area (Å²) < 4.78 is 4.94. The van der Waals surface area contributed by atoms with E-state index in [1.54, 1.807) is 7.11 Å². The van der Waals surface area contributed by atoms with Gasteiger partial charge in [0.2, 0.25) is 5.91 Å². The maximum absolute atomic E-state index is 13.3. The third-order valence-electron chi connectivity index (χ3n) is 5.61. The average Bonchev–Trinajstić information content (AvgIpc) is 2.72. The zero-order chi connectivity index (χ0) is 19.1. The molecular weight excluding hydrogens is 360 g/mol. The summed E-state index contributed by atoms with van der Waals surface area (Å²) in [5.41, 5.74) is 0.735. The molecule has 0 bridgehead atoms. The summed E-state index contributed by atoms with van der Waals surface area (Å²) in [6.07, 6.45) is 7.27. The Morgan fingerprint density at radius 3 is 2.81 bits per heavy atom. The molecule has 2 unspecified atom stereocenters. The number of ether oxygens (including phenoxy) is 1. The lowest BCUT2D eigenvalue weighted by Gasteiger charge is -2.44. The van der Waals surface area contributed by atoms with Crippen LogP contribution >= 0.6 is 11.8 Å². The van der Waals surface area contributed by atoms with Gasteiger partial charge in [0.1, 0.15) is 0 Å². The van der Waals surface area contributed by atoms with Crippen LogP contribution in [0, 0.1) is 5.92 Å². The van der Waals surface area contributed by atoms with E-state index in [2.05, 4.69) is 10.2 Å². The quantitative estimate of drug-likeness (QED) is 0.573. The molecular formula is C21H30N2O3S. The number of thioether (sulfide) groups is 1. The summed E-state index contributed by atoms with van der Waals surface area (Å²) in [4.78, 5) is 28.3. The van der Waals surface area contributed by atoms with Crippen LogP contribution in [0.4, 0.5) is 0 Å². The van der Waals surface area contributed by atoms with Crippen LogP contribution in [0.15, 0.2) is 29.2 Å². The molecule has 0 radical (unpaired) electrons. The first-order chi connectivity index (χ1) is 13.2. The number of hydrogen-bond donors (Lipinski definition) is 1. The number of amides is 2. The van der Waals surface area contributed by atoms with Gasteiger partial charge in [-0.25, -0.2) is 0 Å². The first-order valence-electron chi connectivity index (χ1n) is 9.99. The molecule has 6 heteroatoms. The Bertz CT molecular complexity index is 650. The van der Waals surface area contributed by atoms with Crippen LogP contribution in [0.5, 0.6) is 0 Å². The van der Waals surface area contributed by atoms with Crippen molar-refractivity contribution in [3.63, 3.8) is 0 Å². The van der Waals surface area contributed by atoms with Crippen LogP contribution in [0.2, 0.25) is 0 Å². The van der Waals surface area contributed by atoms with Crippen LogP contribution in [0.1, 0.15) is 48.9 Å². The zero-order valence-corrected chi connectivity index (χ0v) is 16.9. The van der Waals surface area contributed by atoms with E-state index in [9.17, 15) is 9.59 Å². The van der Waals surface area contributed by atoms with E-state index < -0.39 is 0 Å². The number of benzene rings is 1. The largest absolute Gasteiger partial charge is 0.383 e. The molecule has 1 heterocycles. The van der Waals surface area contributed by atoms with Crippen molar-refractivity contribution >= 4 is 23.6 Å². The molecule has 27 heavy (non-hydrogen) atoms. The molecule has 2 atom stereocenters. The van der Waals surface area contributed by atoms with Crippen molar-refractivity contribution in [3.05, 3.63) is 29.8 Å². The van der Waals surface area contributed by atoms with Crippen molar-refractivity contribution in [1.29, 1.82) is 0 Å². The minimum atomic E-state index is -0.0374. The van der Waals surface area contributed by atoms with Gasteiger partial charge >= 0.3 is 0 Å². The van der Waals surface area contributed by atoms with Crippen LogP contribution in [-0.4, -0.2) is 55.3 Å². The first kappa shape index (κ1) is 20.2. The molecule has 1 N–H and O–H groups in total. The van der Waals surface area contributed by atoms with Crippen LogP contribution in [0.25, 0.3) is 0 Å². The van der Waals surface area contributed by atoms with Gasteiger partial charge in [0, 0.05) is 31.1 Å². The zero-order valence-electron chi connectivity index (χ0n) is 16.1. The van der Waals surface area contributed by atoms with Crippen molar-refractivity contribution < 1.29 is 14.3 Å². The number of likely N-dealkylation sites (tertiary alicyclic amines) is 1. The van der Waals surface area contributed by atoms with E-state index >= 15 is 0 Å². The number of rotatable bonds is 7. The van der Waals surface area contributed by atoms with Gasteiger partial charge in [0.15, 0.2) is 0 Å². The molecule has 148 valence electrons. The third-order valence-corrected chi connectivity index (χ3v) is 6.68. The molecule has 1 saturated carbocycles. The van der Waals surface area contributed by atoms with Gasteiger partial charge in [-0.05, 0) is 43.7 Å². The highest BCUT2D eigenvalue weighted by atomic mass is 32.2. The molecule has 2 amide bonds. The van der Waals surface area contributed by atoms with Gasteiger partial charge in [-0.15, -0.1) is 11.8 Å². The molecule has 1 saturated heterocycles. The minimum Gasteiger partial charge on any atom is -0.383 e. The standard InChI is InChI=1S/C21H30N2O3S/c1-26-14-12-22-20(24)15-27-19-11-5-3-9-17(19)21(25)23-13-6-8-16-7-2-4-10-18(16)23/h3,5,9,11,16,18H,2,4,6-8,10,12-15H2,1H3,(H,22,24). The first-order valence-corrected chi connectivity index (χ1v) is 11.0. The maximum atomic E-state index is 13.3. The summed E-state index contributed by atoms with van der Waals surface area (Å²) in [5, 5.41) is 2.82. The topological polar surface area (TPSA) is 58.6 Å². The Labute approximate surface area is 166 Å². The highest BCUT2D eigenvalue weighted by molar-refractivity contribution is 8.00. The number of carbonyl (C=O) groups is 2. The van der Waals surface area contributed by atoms with Gasteiger partial charge in [0.05, 0.1) is 17.9 Å². The van der Waals surface area contributed by atoms with E-state index in [1.807, 2.05) is 24.3 Å². The van der Waals surface area contributed by atoms with E-state index in [0.717, 1.165) is 29.8 Å². The van der Waals surface area contributed by atoms with Crippen molar-refractivity contribution in [1.82, 2.24) is 10.2 Å². The lowest BCUT2D eigenvalue weighted by molar-refractivity contribution is -0.118. The fraction of sp³-hybridized carbons (Fsp3) is 0.619. The van der Waals surface area contributed by atoms with Crippen LogP contribution in [0.3, 0.4) is 0 Å². The monoisotopic (exact) mass is 390 g/mol. The Balaban J connectivity index is 1.65. The minimum absolute atomic E-state index is 0.0374. The predicted octanol–water partition coefficient (Wildman–Crippen LogP) is 3.34. The van der Waals surface area contributed by atoms with E-state index in [-0.39, 0.29) is 11.8 Å². The van der Waals surface area contributed by atoms with Crippen molar-refractivity contribution in [2.75, 3.05) is 32.6 Å². The number of piperidine rings is 1. The van der Waals surface area contributed by atoms with E-state index in [0.29, 0.717) is 30.9 Å². The van der Waals surface area contributed by atoms with Crippen molar-refractivity contribution in [3.8, 4) is 0 Å². The maximum Gasteiger partial charge on any atom is 0.255 e. The number of hydrogen-bond acceptors (Lipinski definition) is 4.